The Kier molecular flexibility index (Phi) is 3.60. The Bertz CT molecular complexity index is 963. The lowest BCUT2D eigenvalue weighted by molar-refractivity contribution is 0.0992. The molecule has 3 aromatic rings. The number of fused-ring (bicyclic) bond motifs is 1. The minimum absolute atomic E-state index is 0.353. The molecule has 0 radical (unpaired) electrons. The van der Waals surface area contributed by atoms with E-state index in [4.69, 9.17) is 17.3 Å². The first-order chi connectivity index (χ1) is 10.8. The summed E-state index contributed by atoms with van der Waals surface area (Å²) < 4.78 is 28.4. The number of hydrogen-bond acceptors (Lipinski definition) is 1. The molecule has 0 bridgehead atoms. The van der Waals surface area contributed by atoms with E-state index in [9.17, 15) is 13.6 Å². The molecule has 0 atom stereocenters. The molecule has 0 aliphatic heterocycles. The number of hydrogen-bond donors (Lipinski definition) is 1. The summed E-state index contributed by atoms with van der Waals surface area (Å²) in [5.74, 6) is -2.43. The standard InChI is InChI=1S/C17H13ClF2N2O/c1-8-11-6-10(18)7-12(9-3-4-13(19)14(20)5-9)16(11)22(2)15(8)17(21)23/h3-7H,1-2H3,(H2,21,23). The molecule has 2 N–H and O–H groups in total. The Balaban J connectivity index is 2.43. The van der Waals surface area contributed by atoms with Crippen LogP contribution in [0.25, 0.3) is 22.0 Å². The zero-order valence-electron chi connectivity index (χ0n) is 12.5. The smallest absolute Gasteiger partial charge is 0.265 e. The van der Waals surface area contributed by atoms with E-state index in [1.807, 2.05) is 0 Å². The van der Waals surface area contributed by atoms with Gasteiger partial charge in [-0.25, -0.2) is 8.78 Å². The lowest BCUT2D eigenvalue weighted by Gasteiger charge is -2.09. The van der Waals surface area contributed by atoms with Crippen molar-refractivity contribution < 1.29 is 13.6 Å². The predicted molar refractivity (Wildman–Crippen MR) is 86.5 cm³/mol. The summed E-state index contributed by atoms with van der Waals surface area (Å²) in [6.45, 7) is 1.77. The summed E-state index contributed by atoms with van der Waals surface area (Å²) in [6.07, 6.45) is 0. The van der Waals surface area contributed by atoms with Crippen LogP contribution in [0.2, 0.25) is 5.02 Å². The highest BCUT2D eigenvalue weighted by Gasteiger charge is 2.20. The topological polar surface area (TPSA) is 48.0 Å². The van der Waals surface area contributed by atoms with Crippen molar-refractivity contribution in [2.24, 2.45) is 12.8 Å². The molecule has 0 unspecified atom stereocenters. The molecule has 0 saturated carbocycles. The molecular weight excluding hydrogens is 322 g/mol. The number of carbonyl (C=O) groups excluding carboxylic acids is 1. The van der Waals surface area contributed by atoms with Crippen LogP contribution in [0.15, 0.2) is 30.3 Å². The second kappa shape index (κ2) is 5.35. The van der Waals surface area contributed by atoms with Crippen LogP contribution in [-0.2, 0) is 7.05 Å². The van der Waals surface area contributed by atoms with Gasteiger partial charge in [0.25, 0.3) is 5.91 Å². The van der Waals surface area contributed by atoms with E-state index in [-0.39, 0.29) is 0 Å². The number of nitrogens with zero attached hydrogens (tertiary/aromatic N) is 1. The van der Waals surface area contributed by atoms with Crippen LogP contribution in [0.3, 0.4) is 0 Å². The molecule has 0 fully saturated rings. The molecule has 3 nitrogen and oxygen atoms in total. The van der Waals surface area contributed by atoms with Crippen LogP contribution in [0.5, 0.6) is 0 Å². The van der Waals surface area contributed by atoms with Gasteiger partial charge in [-0.05, 0) is 42.3 Å². The summed E-state index contributed by atoms with van der Waals surface area (Å²) in [4.78, 5) is 11.7. The van der Waals surface area contributed by atoms with Gasteiger partial charge in [-0.2, -0.15) is 0 Å². The largest absolute Gasteiger partial charge is 0.364 e. The Morgan fingerprint density at radius 2 is 1.87 bits per heavy atom. The van der Waals surface area contributed by atoms with Crippen molar-refractivity contribution >= 4 is 28.4 Å². The fraction of sp³-hybridized carbons (Fsp3) is 0.118. The minimum Gasteiger partial charge on any atom is -0.364 e. The van der Waals surface area contributed by atoms with Gasteiger partial charge in [-0.3, -0.25) is 4.79 Å². The van der Waals surface area contributed by atoms with E-state index in [1.54, 1.807) is 30.7 Å². The van der Waals surface area contributed by atoms with Crippen molar-refractivity contribution in [3.63, 3.8) is 0 Å². The van der Waals surface area contributed by atoms with Gasteiger partial charge >= 0.3 is 0 Å². The van der Waals surface area contributed by atoms with Gasteiger partial charge in [0.05, 0.1) is 5.52 Å². The lowest BCUT2D eigenvalue weighted by atomic mass is 10.0. The third-order valence-corrected chi connectivity index (χ3v) is 4.19. The van der Waals surface area contributed by atoms with E-state index >= 15 is 0 Å². The normalized spacial score (nSPS) is 11.2. The molecule has 1 aromatic heterocycles. The molecule has 0 saturated heterocycles. The van der Waals surface area contributed by atoms with Gasteiger partial charge in [-0.15, -0.1) is 0 Å². The monoisotopic (exact) mass is 334 g/mol. The highest BCUT2D eigenvalue weighted by molar-refractivity contribution is 6.32. The maximum atomic E-state index is 13.6. The first-order valence-corrected chi connectivity index (χ1v) is 7.22. The number of halogens is 3. The predicted octanol–water partition coefficient (Wildman–Crippen LogP) is 4.18. The van der Waals surface area contributed by atoms with Gasteiger partial charge in [0.2, 0.25) is 0 Å². The van der Waals surface area contributed by atoms with Crippen molar-refractivity contribution in [3.8, 4) is 11.1 Å². The maximum absolute atomic E-state index is 13.6. The fourth-order valence-corrected chi connectivity index (χ4v) is 3.19. The van der Waals surface area contributed by atoms with Gasteiger partial charge in [0.1, 0.15) is 5.69 Å². The van der Waals surface area contributed by atoms with Gasteiger partial charge < -0.3 is 10.3 Å². The zero-order chi connectivity index (χ0) is 16.9. The first kappa shape index (κ1) is 15.5. The summed E-state index contributed by atoms with van der Waals surface area (Å²) in [5, 5.41) is 1.18. The number of carbonyl (C=O) groups is 1. The molecular formula is C17H13ClF2N2O. The Morgan fingerprint density at radius 3 is 2.48 bits per heavy atom. The Labute approximate surface area is 136 Å². The van der Waals surface area contributed by atoms with Gasteiger partial charge in [0, 0.05) is 23.0 Å². The van der Waals surface area contributed by atoms with E-state index in [1.165, 1.54) is 6.07 Å². The zero-order valence-corrected chi connectivity index (χ0v) is 13.2. The average Bonchev–Trinajstić information content (AvgIpc) is 2.72. The number of rotatable bonds is 2. The van der Waals surface area contributed by atoms with Gasteiger partial charge in [-0.1, -0.05) is 17.7 Å². The number of aromatic nitrogens is 1. The van der Waals surface area contributed by atoms with Crippen LogP contribution in [0, 0.1) is 18.6 Å². The Hall–Kier alpha value is -2.40. The van der Waals surface area contributed by atoms with Crippen molar-refractivity contribution in [2.45, 2.75) is 6.92 Å². The van der Waals surface area contributed by atoms with Crippen LogP contribution in [-0.4, -0.2) is 10.5 Å². The summed E-state index contributed by atoms with van der Waals surface area (Å²) in [7, 11) is 1.70. The summed E-state index contributed by atoms with van der Waals surface area (Å²) in [6, 6.07) is 7.01. The van der Waals surface area contributed by atoms with E-state index in [0.717, 1.165) is 17.5 Å². The molecule has 1 amide bonds. The number of aryl methyl sites for hydroxylation is 2. The van der Waals surface area contributed by atoms with Crippen LogP contribution < -0.4 is 5.73 Å². The van der Waals surface area contributed by atoms with Crippen LogP contribution in [0.4, 0.5) is 8.78 Å². The summed E-state index contributed by atoms with van der Waals surface area (Å²) >= 11 is 6.16. The quantitative estimate of drug-likeness (QED) is 0.750. The molecule has 0 aliphatic rings. The summed E-state index contributed by atoms with van der Waals surface area (Å²) in [5.41, 5.74) is 8.25. The second-order valence-corrected chi connectivity index (χ2v) is 5.81. The average molecular weight is 335 g/mol. The fourth-order valence-electron chi connectivity index (χ4n) is 2.97. The van der Waals surface area contributed by atoms with Crippen LogP contribution >= 0.6 is 11.6 Å². The van der Waals surface area contributed by atoms with Crippen molar-refractivity contribution in [3.05, 3.63) is 58.2 Å². The third-order valence-electron chi connectivity index (χ3n) is 3.97. The number of primary amides is 1. The maximum Gasteiger partial charge on any atom is 0.265 e. The molecule has 23 heavy (non-hydrogen) atoms. The number of amides is 1. The molecule has 118 valence electrons. The molecule has 0 spiro atoms. The highest BCUT2D eigenvalue weighted by Crippen LogP contribution is 2.36. The van der Waals surface area contributed by atoms with E-state index in [0.29, 0.717) is 32.9 Å². The molecule has 1 heterocycles. The third kappa shape index (κ3) is 2.37. The highest BCUT2D eigenvalue weighted by atomic mass is 35.5. The second-order valence-electron chi connectivity index (χ2n) is 5.38. The molecule has 0 aliphatic carbocycles. The van der Waals surface area contributed by atoms with E-state index < -0.39 is 17.5 Å². The van der Waals surface area contributed by atoms with Gasteiger partial charge in [0.15, 0.2) is 11.6 Å². The number of nitrogens with two attached hydrogens (primary N) is 1. The van der Waals surface area contributed by atoms with Crippen molar-refractivity contribution in [2.75, 3.05) is 0 Å². The lowest BCUT2D eigenvalue weighted by Crippen LogP contribution is -2.16. The molecule has 6 heteroatoms. The first-order valence-electron chi connectivity index (χ1n) is 6.85. The minimum atomic E-state index is -0.948. The van der Waals surface area contributed by atoms with E-state index in [2.05, 4.69) is 0 Å². The molecule has 2 aromatic carbocycles. The van der Waals surface area contributed by atoms with Crippen molar-refractivity contribution in [1.82, 2.24) is 4.57 Å². The Morgan fingerprint density at radius 1 is 1.17 bits per heavy atom. The van der Waals surface area contributed by atoms with Crippen molar-refractivity contribution in [1.29, 1.82) is 0 Å². The SMILES string of the molecule is Cc1c(C(N)=O)n(C)c2c(-c3ccc(F)c(F)c3)cc(Cl)cc12. The van der Waals surface area contributed by atoms with Crippen LogP contribution in [0.1, 0.15) is 16.1 Å². The number of benzene rings is 2. The molecule has 3 rings (SSSR count).